The molecule has 0 aliphatic rings. The maximum absolute atomic E-state index is 11.6. The van der Waals surface area contributed by atoms with Crippen LogP contribution in [0.2, 0.25) is 0 Å². The summed E-state index contributed by atoms with van der Waals surface area (Å²) in [6, 6.07) is 5.57. The number of H-pyrrole nitrogens is 2. The van der Waals surface area contributed by atoms with Crippen molar-refractivity contribution in [3.63, 3.8) is 0 Å². The number of rotatable bonds is 5. The summed E-state index contributed by atoms with van der Waals surface area (Å²) in [7, 11) is 0. The van der Waals surface area contributed by atoms with Crippen LogP contribution in [0.1, 0.15) is 19.2 Å². The van der Waals surface area contributed by atoms with E-state index >= 15 is 0 Å². The lowest BCUT2D eigenvalue weighted by atomic mass is 10.3. The van der Waals surface area contributed by atoms with Gasteiger partial charge in [0.05, 0.1) is 16.8 Å². The van der Waals surface area contributed by atoms with Gasteiger partial charge in [-0.3, -0.25) is 4.57 Å². The molecule has 0 radical (unpaired) electrons. The van der Waals surface area contributed by atoms with Crippen LogP contribution in [0.25, 0.3) is 11.0 Å². The van der Waals surface area contributed by atoms with E-state index in [-0.39, 0.29) is 5.69 Å². The number of nitrogen functional groups attached to an aromatic ring is 1. The summed E-state index contributed by atoms with van der Waals surface area (Å²) in [5.41, 5.74) is 8.08. The van der Waals surface area contributed by atoms with Crippen LogP contribution in [0.15, 0.2) is 28.2 Å². The summed E-state index contributed by atoms with van der Waals surface area (Å²) in [5.74, 6) is 1.45. The lowest BCUT2D eigenvalue weighted by Gasteiger charge is -2.01. The minimum absolute atomic E-state index is 0.170. The molecule has 0 atom stereocenters. The third-order valence-electron chi connectivity index (χ3n) is 3.06. The standard InChI is InChI=1S/C13H16N6OS/c1-2-5-19-12(20)17-18-13(19)21-7-11-15-9-4-3-8(14)6-10(9)16-11/h3-4,6H,2,5,7,14H2,1H3,(H,15,16)(H,17,20). The molecule has 0 fully saturated rings. The summed E-state index contributed by atoms with van der Waals surface area (Å²) < 4.78 is 1.64. The summed E-state index contributed by atoms with van der Waals surface area (Å²) in [6.07, 6.45) is 0.886. The van der Waals surface area contributed by atoms with Crippen molar-refractivity contribution in [1.82, 2.24) is 24.7 Å². The van der Waals surface area contributed by atoms with Gasteiger partial charge in [0, 0.05) is 12.2 Å². The first-order chi connectivity index (χ1) is 10.2. The Morgan fingerprint density at radius 2 is 2.29 bits per heavy atom. The molecule has 7 nitrogen and oxygen atoms in total. The Kier molecular flexibility index (Phi) is 3.70. The van der Waals surface area contributed by atoms with E-state index in [1.165, 1.54) is 11.8 Å². The van der Waals surface area contributed by atoms with Gasteiger partial charge in [0.15, 0.2) is 5.16 Å². The van der Waals surface area contributed by atoms with Gasteiger partial charge in [-0.2, -0.15) is 0 Å². The summed E-state index contributed by atoms with van der Waals surface area (Å²) in [4.78, 5) is 19.3. The number of thioether (sulfide) groups is 1. The number of nitrogens with zero attached hydrogens (tertiary/aromatic N) is 3. The minimum Gasteiger partial charge on any atom is -0.399 e. The van der Waals surface area contributed by atoms with Crippen LogP contribution < -0.4 is 11.4 Å². The molecular weight excluding hydrogens is 288 g/mol. The SMILES string of the molecule is CCCn1c(SCc2nc3ccc(N)cc3[nH]2)n[nH]c1=O. The summed E-state index contributed by atoms with van der Waals surface area (Å²) in [5, 5.41) is 7.21. The van der Waals surface area contributed by atoms with E-state index in [4.69, 9.17) is 5.73 Å². The number of hydrogen-bond acceptors (Lipinski definition) is 5. The van der Waals surface area contributed by atoms with Gasteiger partial charge in [0.1, 0.15) is 5.82 Å². The highest BCUT2D eigenvalue weighted by molar-refractivity contribution is 7.98. The van der Waals surface area contributed by atoms with Crippen molar-refractivity contribution in [2.45, 2.75) is 30.8 Å². The number of aromatic nitrogens is 5. The zero-order valence-corrected chi connectivity index (χ0v) is 12.4. The molecule has 8 heteroatoms. The second-order valence-electron chi connectivity index (χ2n) is 4.71. The van der Waals surface area contributed by atoms with Crippen LogP contribution in [0.5, 0.6) is 0 Å². The predicted molar refractivity (Wildman–Crippen MR) is 83.2 cm³/mol. The zero-order chi connectivity index (χ0) is 14.8. The van der Waals surface area contributed by atoms with Crippen molar-refractivity contribution in [2.75, 3.05) is 5.73 Å². The molecule has 0 unspecified atom stereocenters. The Morgan fingerprint density at radius 3 is 3.10 bits per heavy atom. The summed E-state index contributed by atoms with van der Waals surface area (Å²) >= 11 is 1.48. The molecular formula is C13H16N6OS. The fourth-order valence-corrected chi connectivity index (χ4v) is 2.96. The van der Waals surface area contributed by atoms with Gasteiger partial charge in [-0.05, 0) is 24.6 Å². The highest BCUT2D eigenvalue weighted by atomic mass is 32.2. The Labute approximate surface area is 125 Å². The van der Waals surface area contributed by atoms with Crippen molar-refractivity contribution >= 4 is 28.5 Å². The van der Waals surface area contributed by atoms with Crippen LogP contribution in [0, 0.1) is 0 Å². The first-order valence-electron chi connectivity index (χ1n) is 6.69. The molecule has 0 bridgehead atoms. The quantitative estimate of drug-likeness (QED) is 0.492. The number of hydrogen-bond donors (Lipinski definition) is 3. The molecule has 21 heavy (non-hydrogen) atoms. The Hall–Kier alpha value is -2.22. The van der Waals surface area contributed by atoms with Crippen molar-refractivity contribution in [3.8, 4) is 0 Å². The average molecular weight is 304 g/mol. The molecule has 2 aromatic heterocycles. The molecule has 0 saturated heterocycles. The van der Waals surface area contributed by atoms with Gasteiger partial charge < -0.3 is 10.7 Å². The van der Waals surface area contributed by atoms with Crippen molar-refractivity contribution in [2.24, 2.45) is 0 Å². The van der Waals surface area contributed by atoms with E-state index in [0.717, 1.165) is 23.3 Å². The van der Waals surface area contributed by atoms with Crippen molar-refractivity contribution in [3.05, 3.63) is 34.5 Å². The Balaban J connectivity index is 1.78. The van der Waals surface area contributed by atoms with Crippen LogP contribution in [0.3, 0.4) is 0 Å². The second kappa shape index (κ2) is 5.65. The second-order valence-corrected chi connectivity index (χ2v) is 5.65. The Morgan fingerprint density at radius 1 is 1.43 bits per heavy atom. The first-order valence-corrected chi connectivity index (χ1v) is 7.68. The van der Waals surface area contributed by atoms with E-state index in [9.17, 15) is 4.79 Å². The molecule has 0 amide bonds. The molecule has 3 aromatic rings. The van der Waals surface area contributed by atoms with E-state index in [2.05, 4.69) is 20.2 Å². The van der Waals surface area contributed by atoms with Crippen LogP contribution in [-0.2, 0) is 12.3 Å². The van der Waals surface area contributed by atoms with E-state index in [1.54, 1.807) is 4.57 Å². The van der Waals surface area contributed by atoms with Gasteiger partial charge in [-0.1, -0.05) is 18.7 Å². The summed E-state index contributed by atoms with van der Waals surface area (Å²) in [6.45, 7) is 2.69. The van der Waals surface area contributed by atoms with Gasteiger partial charge in [0.25, 0.3) is 0 Å². The van der Waals surface area contributed by atoms with Crippen molar-refractivity contribution < 1.29 is 0 Å². The highest BCUT2D eigenvalue weighted by Gasteiger charge is 2.10. The molecule has 110 valence electrons. The fraction of sp³-hybridized carbons (Fsp3) is 0.308. The monoisotopic (exact) mass is 304 g/mol. The van der Waals surface area contributed by atoms with Crippen molar-refractivity contribution in [1.29, 1.82) is 0 Å². The molecule has 0 saturated carbocycles. The number of nitrogens with one attached hydrogen (secondary N) is 2. The predicted octanol–water partition coefficient (Wildman–Crippen LogP) is 1.73. The first kappa shape index (κ1) is 13.7. The molecule has 0 aliphatic heterocycles. The number of benzene rings is 1. The molecule has 0 spiro atoms. The number of imidazole rings is 1. The average Bonchev–Trinajstić information content (AvgIpc) is 3.01. The third kappa shape index (κ3) is 2.80. The number of nitrogens with two attached hydrogens (primary N) is 1. The number of anilines is 1. The van der Waals surface area contributed by atoms with E-state index in [1.807, 2.05) is 25.1 Å². The molecule has 1 aromatic carbocycles. The van der Waals surface area contributed by atoms with E-state index < -0.39 is 0 Å². The highest BCUT2D eigenvalue weighted by Crippen LogP contribution is 2.21. The number of fused-ring (bicyclic) bond motifs is 1. The largest absolute Gasteiger partial charge is 0.399 e. The third-order valence-corrected chi connectivity index (χ3v) is 4.05. The fourth-order valence-electron chi connectivity index (χ4n) is 2.12. The van der Waals surface area contributed by atoms with Gasteiger partial charge in [0.2, 0.25) is 0 Å². The van der Waals surface area contributed by atoms with E-state index in [0.29, 0.717) is 23.1 Å². The molecule has 3 rings (SSSR count). The van der Waals surface area contributed by atoms with Gasteiger partial charge in [-0.25, -0.2) is 14.9 Å². The normalized spacial score (nSPS) is 11.3. The molecule has 0 aliphatic carbocycles. The zero-order valence-electron chi connectivity index (χ0n) is 11.6. The molecule has 2 heterocycles. The van der Waals surface area contributed by atoms with Gasteiger partial charge >= 0.3 is 5.69 Å². The van der Waals surface area contributed by atoms with Crippen LogP contribution in [-0.4, -0.2) is 24.7 Å². The van der Waals surface area contributed by atoms with Gasteiger partial charge in [-0.15, -0.1) is 5.10 Å². The minimum atomic E-state index is -0.170. The molecule has 4 N–H and O–H groups in total. The maximum atomic E-state index is 11.6. The lowest BCUT2D eigenvalue weighted by molar-refractivity contribution is 0.603. The smallest absolute Gasteiger partial charge is 0.343 e. The lowest BCUT2D eigenvalue weighted by Crippen LogP contribution is -2.17. The van der Waals surface area contributed by atoms with Crippen LogP contribution >= 0.6 is 11.8 Å². The Bertz CT molecular complexity index is 818. The van der Waals surface area contributed by atoms with Crippen LogP contribution in [0.4, 0.5) is 5.69 Å². The maximum Gasteiger partial charge on any atom is 0.343 e. The number of aromatic amines is 2. The topological polar surface area (TPSA) is 105 Å².